The van der Waals surface area contributed by atoms with Crippen molar-refractivity contribution in [2.75, 3.05) is 6.61 Å². The lowest BCUT2D eigenvalue weighted by Crippen LogP contribution is -2.13. The second-order valence-corrected chi connectivity index (χ2v) is 3.93. The highest BCUT2D eigenvalue weighted by molar-refractivity contribution is 5.69. The SMILES string of the molecule is CCOC(=O)Cn1cc([N+](=O)[O-])c(C2CC2)n1. The van der Waals surface area contributed by atoms with Crippen molar-refractivity contribution in [1.29, 1.82) is 0 Å². The maximum atomic E-state index is 11.2. The summed E-state index contributed by atoms with van der Waals surface area (Å²) in [6.07, 6.45) is 3.15. The maximum absolute atomic E-state index is 11.2. The fraction of sp³-hybridized carbons (Fsp3) is 0.600. The minimum atomic E-state index is -0.456. The third kappa shape index (κ3) is 2.61. The molecule has 1 aliphatic rings. The quantitative estimate of drug-likeness (QED) is 0.438. The maximum Gasteiger partial charge on any atom is 0.327 e. The molecule has 0 aromatic carbocycles. The van der Waals surface area contributed by atoms with Gasteiger partial charge >= 0.3 is 11.7 Å². The van der Waals surface area contributed by atoms with Gasteiger partial charge in [0, 0.05) is 5.92 Å². The summed E-state index contributed by atoms with van der Waals surface area (Å²) in [5, 5.41) is 14.9. The first-order chi connectivity index (χ1) is 8.11. The van der Waals surface area contributed by atoms with Crippen LogP contribution in [0.5, 0.6) is 0 Å². The van der Waals surface area contributed by atoms with Crippen LogP contribution in [0.2, 0.25) is 0 Å². The Morgan fingerprint density at radius 1 is 1.71 bits per heavy atom. The van der Waals surface area contributed by atoms with Crippen molar-refractivity contribution in [3.8, 4) is 0 Å². The third-order valence-electron chi connectivity index (χ3n) is 2.53. The van der Waals surface area contributed by atoms with E-state index in [4.69, 9.17) is 4.74 Å². The number of nitro groups is 1. The molecule has 0 N–H and O–H groups in total. The van der Waals surface area contributed by atoms with Crippen LogP contribution in [0.3, 0.4) is 0 Å². The fourth-order valence-corrected chi connectivity index (χ4v) is 1.63. The molecule has 1 saturated carbocycles. The lowest BCUT2D eigenvalue weighted by molar-refractivity contribution is -0.385. The van der Waals surface area contributed by atoms with Crippen LogP contribution in [0.15, 0.2) is 6.20 Å². The Morgan fingerprint density at radius 3 is 2.94 bits per heavy atom. The number of carbonyl (C=O) groups excluding carboxylic acids is 1. The van der Waals surface area contributed by atoms with E-state index >= 15 is 0 Å². The lowest BCUT2D eigenvalue weighted by atomic mass is 10.3. The monoisotopic (exact) mass is 239 g/mol. The number of ether oxygens (including phenoxy) is 1. The van der Waals surface area contributed by atoms with Gasteiger partial charge in [0.1, 0.15) is 18.4 Å². The first-order valence-corrected chi connectivity index (χ1v) is 5.49. The summed E-state index contributed by atoms with van der Waals surface area (Å²) in [7, 11) is 0. The molecule has 92 valence electrons. The number of hydrogen-bond acceptors (Lipinski definition) is 5. The topological polar surface area (TPSA) is 87.3 Å². The first kappa shape index (κ1) is 11.6. The molecule has 1 fully saturated rings. The number of hydrogen-bond donors (Lipinski definition) is 0. The molecule has 0 unspecified atom stereocenters. The zero-order valence-electron chi connectivity index (χ0n) is 9.46. The van der Waals surface area contributed by atoms with Crippen molar-refractivity contribution in [3.63, 3.8) is 0 Å². The van der Waals surface area contributed by atoms with E-state index in [1.807, 2.05) is 0 Å². The van der Waals surface area contributed by atoms with Crippen molar-refractivity contribution >= 4 is 11.7 Å². The van der Waals surface area contributed by atoms with Gasteiger partial charge in [0.15, 0.2) is 0 Å². The van der Waals surface area contributed by atoms with Gasteiger partial charge in [0.2, 0.25) is 0 Å². The van der Waals surface area contributed by atoms with Crippen LogP contribution >= 0.6 is 0 Å². The summed E-state index contributed by atoms with van der Waals surface area (Å²) >= 11 is 0. The Bertz CT molecular complexity index is 450. The predicted octanol–water partition coefficient (Wildman–Crippen LogP) is 1.23. The molecule has 1 heterocycles. The summed E-state index contributed by atoms with van der Waals surface area (Å²) in [5.74, 6) is -0.258. The van der Waals surface area contributed by atoms with Crippen LogP contribution in [-0.2, 0) is 16.1 Å². The van der Waals surface area contributed by atoms with Crippen LogP contribution in [0.4, 0.5) is 5.69 Å². The highest BCUT2D eigenvalue weighted by Crippen LogP contribution is 2.43. The Kier molecular flexibility index (Phi) is 3.08. The molecule has 17 heavy (non-hydrogen) atoms. The summed E-state index contributed by atoms with van der Waals surface area (Å²) < 4.78 is 6.04. The number of aromatic nitrogens is 2. The summed E-state index contributed by atoms with van der Waals surface area (Å²) in [6.45, 7) is 1.91. The molecule has 1 aromatic heterocycles. The summed E-state index contributed by atoms with van der Waals surface area (Å²) in [6, 6.07) is 0. The smallest absolute Gasteiger partial charge is 0.327 e. The summed E-state index contributed by atoms with van der Waals surface area (Å²) in [4.78, 5) is 21.6. The molecule has 1 aliphatic carbocycles. The van der Waals surface area contributed by atoms with Crippen LogP contribution in [0.25, 0.3) is 0 Å². The van der Waals surface area contributed by atoms with Crippen molar-refractivity contribution in [1.82, 2.24) is 9.78 Å². The van der Waals surface area contributed by atoms with Gasteiger partial charge in [-0.3, -0.25) is 19.6 Å². The van der Waals surface area contributed by atoms with Crippen LogP contribution in [0.1, 0.15) is 31.4 Å². The molecule has 0 bridgehead atoms. The van der Waals surface area contributed by atoms with Gasteiger partial charge in [-0.05, 0) is 19.8 Å². The highest BCUT2D eigenvalue weighted by Gasteiger charge is 2.34. The van der Waals surface area contributed by atoms with Gasteiger partial charge in [-0.1, -0.05) is 0 Å². The van der Waals surface area contributed by atoms with Crippen LogP contribution in [-0.4, -0.2) is 27.3 Å². The van der Waals surface area contributed by atoms with Gasteiger partial charge < -0.3 is 4.74 Å². The Balaban J connectivity index is 2.15. The molecule has 0 radical (unpaired) electrons. The third-order valence-corrected chi connectivity index (χ3v) is 2.53. The van der Waals surface area contributed by atoms with Crippen molar-refractivity contribution in [2.24, 2.45) is 0 Å². The Hall–Kier alpha value is -1.92. The summed E-state index contributed by atoms with van der Waals surface area (Å²) in [5.41, 5.74) is 0.482. The molecule has 7 nitrogen and oxygen atoms in total. The molecule has 0 saturated heterocycles. The van der Waals surface area contributed by atoms with E-state index in [9.17, 15) is 14.9 Å². The van der Waals surface area contributed by atoms with Gasteiger partial charge in [-0.2, -0.15) is 5.10 Å². The number of nitrogens with zero attached hydrogens (tertiary/aromatic N) is 3. The largest absolute Gasteiger partial charge is 0.465 e. The normalized spacial score (nSPS) is 14.6. The number of rotatable bonds is 5. The number of esters is 1. The van der Waals surface area contributed by atoms with Gasteiger partial charge in [-0.15, -0.1) is 0 Å². The van der Waals surface area contributed by atoms with Gasteiger partial charge in [0.25, 0.3) is 0 Å². The van der Waals surface area contributed by atoms with E-state index in [1.165, 1.54) is 10.9 Å². The Labute approximate surface area is 97.5 Å². The molecular formula is C10H13N3O4. The average Bonchev–Trinajstić information content (AvgIpc) is 3.01. The average molecular weight is 239 g/mol. The minimum Gasteiger partial charge on any atom is -0.465 e. The number of carbonyl (C=O) groups is 1. The Morgan fingerprint density at radius 2 is 2.41 bits per heavy atom. The second kappa shape index (κ2) is 4.52. The molecule has 7 heteroatoms. The van der Waals surface area contributed by atoms with E-state index in [2.05, 4.69) is 5.10 Å². The van der Waals surface area contributed by atoms with Crippen molar-refractivity contribution in [3.05, 3.63) is 22.0 Å². The molecule has 1 aromatic rings. The standard InChI is InChI=1S/C10H13N3O4/c1-2-17-9(14)6-12-5-8(13(15)16)10(11-12)7-3-4-7/h5,7H,2-4,6H2,1H3. The second-order valence-electron chi connectivity index (χ2n) is 3.93. The van der Waals surface area contributed by atoms with Crippen LogP contribution < -0.4 is 0 Å². The molecule has 0 aliphatic heterocycles. The molecule has 2 rings (SSSR count). The fourth-order valence-electron chi connectivity index (χ4n) is 1.63. The lowest BCUT2D eigenvalue weighted by Gasteiger charge is -2.00. The van der Waals surface area contributed by atoms with Crippen molar-refractivity contribution < 1.29 is 14.5 Å². The predicted molar refractivity (Wildman–Crippen MR) is 57.5 cm³/mol. The zero-order chi connectivity index (χ0) is 12.4. The molecule has 0 spiro atoms. The molecule has 0 atom stereocenters. The van der Waals surface area contributed by atoms with E-state index in [0.29, 0.717) is 5.69 Å². The van der Waals surface area contributed by atoms with E-state index in [-0.39, 0.29) is 24.8 Å². The highest BCUT2D eigenvalue weighted by atomic mass is 16.6. The van der Waals surface area contributed by atoms with E-state index in [1.54, 1.807) is 6.92 Å². The molecular weight excluding hydrogens is 226 g/mol. The zero-order valence-corrected chi connectivity index (χ0v) is 9.46. The van der Waals surface area contributed by atoms with E-state index < -0.39 is 10.9 Å². The van der Waals surface area contributed by atoms with Crippen LogP contribution in [0, 0.1) is 10.1 Å². The van der Waals surface area contributed by atoms with Gasteiger partial charge in [-0.25, -0.2) is 0 Å². The van der Waals surface area contributed by atoms with Crippen molar-refractivity contribution in [2.45, 2.75) is 32.2 Å². The molecule has 0 amide bonds. The first-order valence-electron chi connectivity index (χ1n) is 5.49. The minimum absolute atomic E-state index is 0.00296. The van der Waals surface area contributed by atoms with Gasteiger partial charge in [0.05, 0.1) is 11.5 Å². The van der Waals surface area contributed by atoms with E-state index in [0.717, 1.165) is 12.8 Å².